The van der Waals surface area contributed by atoms with Crippen molar-refractivity contribution in [3.05, 3.63) is 52.1 Å². The summed E-state index contributed by atoms with van der Waals surface area (Å²) >= 11 is -8.90. The van der Waals surface area contributed by atoms with Crippen molar-refractivity contribution in [2.45, 2.75) is 0 Å². The van der Waals surface area contributed by atoms with Crippen LogP contribution in [0.15, 0.2) is 48.5 Å². The molecule has 0 heterocycles. The minimum absolute atomic E-state index is 0. The van der Waals surface area contributed by atoms with Crippen LogP contribution in [0.2, 0.25) is 0 Å². The van der Waals surface area contributed by atoms with Crippen molar-refractivity contribution in [2.75, 3.05) is 7.11 Å². The minimum atomic E-state index is -11.2. The monoisotopic (exact) mass is 546 g/mol. The Morgan fingerprint density at radius 2 is 1.32 bits per heavy atom. The zero-order valence-corrected chi connectivity index (χ0v) is 15.8. The Morgan fingerprint density at radius 3 is 1.73 bits per heavy atom. The van der Waals surface area contributed by atoms with Crippen molar-refractivity contribution < 1.29 is 23.0 Å². The normalized spacial score (nSPS) is 14.2. The molecule has 0 aliphatic carbocycles. The second-order valence-corrected chi connectivity index (χ2v) is 10.8. The molecule has 0 bridgehead atoms. The van der Waals surface area contributed by atoms with E-state index in [1.807, 2.05) is 12.1 Å². The zero-order chi connectivity index (χ0) is 17.1. The van der Waals surface area contributed by atoms with E-state index in [4.69, 9.17) is 4.74 Å². The van der Waals surface area contributed by atoms with Gasteiger partial charge in [0.15, 0.2) is 0 Å². The summed E-state index contributed by atoms with van der Waals surface area (Å²) in [4.78, 5) is 0. The van der Waals surface area contributed by atoms with Crippen LogP contribution in [0, 0.1) is 3.57 Å². The van der Waals surface area contributed by atoms with Crippen molar-refractivity contribution in [3.63, 3.8) is 0 Å². The third-order valence-electron chi connectivity index (χ3n) is 2.27. The largest absolute Gasteiger partial charge is 1.00 e. The van der Waals surface area contributed by atoms with Crippen LogP contribution in [0.4, 0.5) is 16.9 Å². The van der Waals surface area contributed by atoms with E-state index >= 15 is 0 Å². The fourth-order valence-corrected chi connectivity index (χ4v) is 2.16. The molecule has 2 rings (SSSR count). The van der Waals surface area contributed by atoms with E-state index in [2.05, 4.69) is 59.0 Å². The van der Waals surface area contributed by atoms with Crippen LogP contribution in [0.3, 0.4) is 0 Å². The van der Waals surface area contributed by atoms with Crippen LogP contribution in [0.5, 0.6) is 5.75 Å². The molecule has 0 saturated heterocycles. The van der Waals surface area contributed by atoms with E-state index in [9.17, 15) is 16.9 Å². The van der Waals surface area contributed by atoms with Gasteiger partial charge in [-0.05, 0) is 51.9 Å². The summed E-state index contributed by atoms with van der Waals surface area (Å²) in [7, 11) is 1.68. The van der Waals surface area contributed by atoms with E-state index in [0.717, 1.165) is 5.75 Å². The molecule has 124 valence electrons. The van der Waals surface area contributed by atoms with Crippen molar-refractivity contribution >= 4 is 42.1 Å². The molecule has 0 amide bonds. The predicted molar refractivity (Wildman–Crippen MR) is 84.7 cm³/mol. The molecule has 0 aromatic heterocycles. The van der Waals surface area contributed by atoms with Gasteiger partial charge in [0, 0.05) is 3.57 Å². The molecule has 0 saturated carbocycles. The number of benzene rings is 2. The molecule has 0 spiro atoms. The molecule has 0 radical (unpaired) electrons. The Morgan fingerprint density at radius 1 is 0.864 bits per heavy atom. The maximum Gasteiger partial charge on any atom is 1.00 e. The van der Waals surface area contributed by atoms with Crippen molar-refractivity contribution in [2.24, 2.45) is 0 Å². The van der Waals surface area contributed by atoms with Gasteiger partial charge in [-0.3, -0.25) is 0 Å². The average Bonchev–Trinajstić information content (AvgIpc) is 2.36. The number of halogens is 7. The maximum absolute atomic E-state index is 11.2. The van der Waals surface area contributed by atoms with Gasteiger partial charge in [-0.1, -0.05) is 30.3 Å². The Labute approximate surface area is 140 Å². The van der Waals surface area contributed by atoms with Gasteiger partial charge in [0.2, 0.25) is 0 Å². The summed E-state index contributed by atoms with van der Waals surface area (Å²) in [6.07, 6.45) is 0. The molecule has 2 aromatic rings. The van der Waals surface area contributed by atoms with Crippen LogP contribution < -0.4 is 4.74 Å². The van der Waals surface area contributed by atoms with Gasteiger partial charge >= 0.3 is 37.8 Å². The van der Waals surface area contributed by atoms with E-state index in [-0.39, 0.29) is 1.43 Å². The predicted octanol–water partition coefficient (Wildman–Crippen LogP) is 6.22. The topological polar surface area (TPSA) is 9.23 Å². The summed E-state index contributed by atoms with van der Waals surface area (Å²) in [6, 6.07) is 16.5. The fourth-order valence-electron chi connectivity index (χ4n) is 1.47. The van der Waals surface area contributed by atoms with E-state index < -0.39 is 19.5 Å². The van der Waals surface area contributed by atoms with E-state index in [1.54, 1.807) is 7.11 Å². The van der Waals surface area contributed by atoms with Crippen molar-refractivity contribution in [1.82, 2.24) is 0 Å². The first-order valence-corrected chi connectivity index (χ1v) is 12.6. The average molecular weight is 547 g/mol. The molecule has 0 aliphatic rings. The fraction of sp³-hybridized carbons (Fsp3) is 0.0769. The zero-order valence-electron chi connectivity index (χ0n) is 12.1. The Hall–Kier alpha value is -0.632. The molecule has 0 unspecified atom stereocenters. The third-order valence-corrected chi connectivity index (χ3v) is 3.22. The van der Waals surface area contributed by atoms with Crippen LogP contribution in [0.1, 0.15) is 1.43 Å². The third kappa shape index (κ3) is 9.40. The number of ether oxygens (including phenoxy) is 1. The van der Waals surface area contributed by atoms with Crippen LogP contribution in [-0.2, 0) is 0 Å². The molecule has 2 aromatic carbocycles. The van der Waals surface area contributed by atoms with Gasteiger partial charge < -0.3 is 4.74 Å². The van der Waals surface area contributed by atoms with Crippen molar-refractivity contribution in [3.8, 4) is 16.9 Å². The summed E-state index contributed by atoms with van der Waals surface area (Å²) in [6.45, 7) is 0. The van der Waals surface area contributed by atoms with Gasteiger partial charge in [-0.25, -0.2) is 0 Å². The Bertz CT molecular complexity index is 634. The summed E-state index contributed by atoms with van der Waals surface area (Å²) < 4.78 is 65.9. The second-order valence-electron chi connectivity index (χ2n) is 4.17. The molecular formula is C13H12F6IOSb. The number of hydrogen-bond donors (Lipinski definition) is 0. The summed E-state index contributed by atoms with van der Waals surface area (Å²) in [5.74, 6) is 0.893. The number of methoxy groups -OCH3 is 1. The Kier molecular flexibility index (Phi) is 5.39. The first-order valence-electron chi connectivity index (χ1n) is 5.71. The SMILES string of the molecule is COc1ccc(-c2ccccc2I)cc1.[F][Sb-]([F])([F])([F])([F])[F].[H+]. The summed E-state index contributed by atoms with van der Waals surface area (Å²) in [5.41, 5.74) is 2.49. The van der Waals surface area contributed by atoms with Crippen LogP contribution in [-0.4, -0.2) is 26.6 Å². The molecule has 9 heteroatoms. The van der Waals surface area contributed by atoms with Crippen LogP contribution in [0.25, 0.3) is 11.1 Å². The van der Waals surface area contributed by atoms with E-state index in [0.29, 0.717) is 0 Å². The van der Waals surface area contributed by atoms with Crippen LogP contribution >= 0.6 is 22.6 Å². The minimum Gasteiger partial charge on any atom is 1.00 e. The summed E-state index contributed by atoms with van der Waals surface area (Å²) in [5, 5.41) is 0. The first-order chi connectivity index (χ1) is 9.76. The van der Waals surface area contributed by atoms with Crippen molar-refractivity contribution in [1.29, 1.82) is 0 Å². The molecule has 0 aliphatic heterocycles. The smallest absolute Gasteiger partial charge is 1.00 e. The van der Waals surface area contributed by atoms with Gasteiger partial charge in [0.1, 0.15) is 5.75 Å². The van der Waals surface area contributed by atoms with E-state index in [1.165, 1.54) is 14.7 Å². The molecule has 0 atom stereocenters. The second kappa shape index (κ2) is 6.11. The molecule has 1 nitrogen and oxygen atoms in total. The molecule has 22 heavy (non-hydrogen) atoms. The van der Waals surface area contributed by atoms with Gasteiger partial charge in [0.25, 0.3) is 0 Å². The van der Waals surface area contributed by atoms with Gasteiger partial charge in [-0.2, -0.15) is 0 Å². The number of rotatable bonds is 2. The quantitative estimate of drug-likeness (QED) is 0.247. The maximum atomic E-state index is 9.93. The Balaban J connectivity index is 0.000000522. The first kappa shape index (κ1) is 19.4. The van der Waals surface area contributed by atoms with Gasteiger partial charge in [0.05, 0.1) is 7.11 Å². The molecular weight excluding hydrogens is 535 g/mol. The number of hydrogen-bond acceptors (Lipinski definition) is 1. The standard InChI is InChI=1S/C13H11IO.6FH.Sb/c1-15-11-8-6-10(7-9-11)12-4-2-3-5-13(12)14;;;;;;;/h2-9H,1H3;6*1H;/q;;;;;;;+5/p-5. The molecule has 0 fully saturated rings. The molecule has 0 N–H and O–H groups in total. The van der Waals surface area contributed by atoms with Gasteiger partial charge in [-0.15, -0.1) is 0 Å².